The third-order valence-electron chi connectivity index (χ3n) is 8.29. The van der Waals surface area contributed by atoms with Crippen LogP contribution in [0.3, 0.4) is 0 Å². The molecular formula is C34H22N6O12S3. The van der Waals surface area contributed by atoms with Gasteiger partial charge in [0, 0.05) is 16.2 Å². The lowest BCUT2D eigenvalue weighted by molar-refractivity contribution is -0.432. The number of aromatic hydroxyl groups is 1. The number of hydrogen-bond acceptors (Lipinski definition) is 16. The van der Waals surface area contributed by atoms with Crippen molar-refractivity contribution in [3.63, 3.8) is 0 Å². The maximum atomic E-state index is 12.9. The lowest BCUT2D eigenvalue weighted by Gasteiger charge is -2.13. The number of anilines is 2. The van der Waals surface area contributed by atoms with Crippen molar-refractivity contribution < 1.29 is 55.3 Å². The zero-order valence-electron chi connectivity index (χ0n) is 27.3. The van der Waals surface area contributed by atoms with E-state index in [1.54, 1.807) is 24.3 Å². The summed E-state index contributed by atoms with van der Waals surface area (Å²) >= 11 is 0.346. The maximum Gasteiger partial charge on any atom is 0.296 e. The fraction of sp³-hybridized carbons (Fsp3) is 0. The molecule has 55 heavy (non-hydrogen) atoms. The van der Waals surface area contributed by atoms with Crippen molar-refractivity contribution in [3.05, 3.63) is 108 Å². The van der Waals surface area contributed by atoms with E-state index in [4.69, 9.17) is 11.0 Å². The fourth-order valence-electron chi connectivity index (χ4n) is 5.76. The lowest BCUT2D eigenvalue weighted by Crippen LogP contribution is -2.29. The van der Waals surface area contributed by atoms with Crippen LogP contribution in [0.15, 0.2) is 132 Å². The number of azo groups is 2. The summed E-state index contributed by atoms with van der Waals surface area (Å²) in [4.78, 5) is 25.6. The van der Waals surface area contributed by atoms with E-state index >= 15 is 0 Å². The Bertz CT molecular complexity index is 2850. The van der Waals surface area contributed by atoms with Crippen LogP contribution in [0.2, 0.25) is 0 Å². The number of amides is 2. The maximum absolute atomic E-state index is 12.9. The van der Waals surface area contributed by atoms with Crippen LogP contribution in [-0.4, -0.2) is 48.1 Å². The molecule has 0 spiro atoms. The zero-order valence-corrected chi connectivity index (χ0v) is 29.8. The number of imide groups is 1. The second-order valence-electron chi connectivity index (χ2n) is 11.6. The number of phenolic OH excluding ortho intramolecular Hbond substituents is 1. The number of benzene rings is 6. The molecular weight excluding hydrogens is 781 g/mol. The average Bonchev–Trinajstić information content (AvgIpc) is 3.41. The summed E-state index contributed by atoms with van der Waals surface area (Å²) in [6.45, 7) is 0. The SMILES string of the molecule is Nc1cc2c(O)c(N=Nc3ccc(N=Nc4ccc(N5C(=O)c6ccccc6C5=O)cc4)c4ccc(S(=O)(=O)O)cc34)c(SOOO)cc2cc1S(=O)(=O)O. The summed E-state index contributed by atoms with van der Waals surface area (Å²) in [5.41, 5.74) is 6.63. The van der Waals surface area contributed by atoms with Crippen LogP contribution in [0.4, 0.5) is 34.1 Å². The van der Waals surface area contributed by atoms with Gasteiger partial charge in [0.15, 0.2) is 5.75 Å². The van der Waals surface area contributed by atoms with E-state index in [1.807, 2.05) is 0 Å². The van der Waals surface area contributed by atoms with E-state index in [9.17, 15) is 40.6 Å². The number of fused-ring (bicyclic) bond motifs is 3. The summed E-state index contributed by atoms with van der Waals surface area (Å²) in [5, 5.41) is 40.9. The number of carbonyl (C=O) groups is 2. The molecule has 2 amide bonds. The van der Waals surface area contributed by atoms with Gasteiger partial charge in [0.25, 0.3) is 32.1 Å². The van der Waals surface area contributed by atoms with Gasteiger partial charge in [0.2, 0.25) is 0 Å². The fourth-order valence-corrected chi connectivity index (χ4v) is 7.40. The highest BCUT2D eigenvalue weighted by atomic mass is 32.2. The summed E-state index contributed by atoms with van der Waals surface area (Å²) < 4.78 is 71.7. The summed E-state index contributed by atoms with van der Waals surface area (Å²) in [6.07, 6.45) is 0. The van der Waals surface area contributed by atoms with E-state index in [0.29, 0.717) is 39.9 Å². The van der Waals surface area contributed by atoms with Gasteiger partial charge >= 0.3 is 0 Å². The Kier molecular flexibility index (Phi) is 9.62. The Labute approximate surface area is 313 Å². The molecule has 0 bridgehead atoms. The van der Waals surface area contributed by atoms with Crippen molar-refractivity contribution in [2.45, 2.75) is 14.7 Å². The number of nitrogens with zero attached hydrogens (tertiary/aromatic N) is 5. The third-order valence-corrected chi connectivity index (χ3v) is 10.7. The molecule has 6 aromatic carbocycles. The highest BCUT2D eigenvalue weighted by molar-refractivity contribution is 7.94. The molecule has 0 saturated heterocycles. The predicted molar refractivity (Wildman–Crippen MR) is 197 cm³/mol. The molecule has 6 N–H and O–H groups in total. The Morgan fingerprint density at radius 1 is 0.691 bits per heavy atom. The van der Waals surface area contributed by atoms with Crippen LogP contribution in [0.1, 0.15) is 20.7 Å². The van der Waals surface area contributed by atoms with Crippen molar-refractivity contribution in [1.29, 1.82) is 0 Å². The Morgan fingerprint density at radius 3 is 1.95 bits per heavy atom. The van der Waals surface area contributed by atoms with Gasteiger partial charge in [-0.2, -0.15) is 21.9 Å². The second-order valence-corrected chi connectivity index (χ2v) is 15.1. The molecule has 0 radical (unpaired) electrons. The first-order chi connectivity index (χ1) is 26.2. The van der Waals surface area contributed by atoms with E-state index in [1.165, 1.54) is 48.5 Å². The van der Waals surface area contributed by atoms with Crippen LogP contribution in [0, 0.1) is 0 Å². The molecule has 0 atom stereocenters. The quantitative estimate of drug-likeness (QED) is 0.0168. The number of nitrogen functional groups attached to an aromatic ring is 1. The van der Waals surface area contributed by atoms with Gasteiger partial charge in [-0.15, -0.1) is 19.7 Å². The summed E-state index contributed by atoms with van der Waals surface area (Å²) in [5.74, 6) is -1.50. The highest BCUT2D eigenvalue weighted by Gasteiger charge is 2.36. The smallest absolute Gasteiger partial charge is 0.296 e. The minimum Gasteiger partial charge on any atom is -0.505 e. The molecule has 1 aliphatic heterocycles. The molecule has 7 rings (SSSR count). The Balaban J connectivity index is 1.26. The van der Waals surface area contributed by atoms with Crippen molar-refractivity contribution in [1.82, 2.24) is 0 Å². The largest absolute Gasteiger partial charge is 0.505 e. The molecule has 1 aliphatic rings. The number of phenols is 1. The lowest BCUT2D eigenvalue weighted by atomic mass is 10.1. The standard InChI is InChI=1S/C34H22N6O12S3/c35-26-16-24-17(14-30(26)55(48,49)50)13-29(53-52-51-44)31(32(24)41)39-38-28-12-11-27(21-10-9-20(15-25(21)28)54(45,46)47)37-36-18-5-7-19(8-6-18)40-33(42)22-3-1-2-4-23(22)34(40)43/h1-16,41,44H,35H2,(H,45,46,47)(H,48,49,50). The predicted octanol–water partition coefficient (Wildman–Crippen LogP) is 7.83. The molecule has 1 heterocycles. The van der Waals surface area contributed by atoms with Crippen molar-refractivity contribution in [2.75, 3.05) is 10.6 Å². The van der Waals surface area contributed by atoms with Gasteiger partial charge < -0.3 is 10.8 Å². The monoisotopic (exact) mass is 802 g/mol. The second kappa shape index (κ2) is 14.2. The third kappa shape index (κ3) is 7.11. The first-order valence-corrected chi connectivity index (χ1v) is 18.9. The van der Waals surface area contributed by atoms with Crippen LogP contribution < -0.4 is 10.6 Å². The van der Waals surface area contributed by atoms with Crippen LogP contribution in [0.5, 0.6) is 5.75 Å². The van der Waals surface area contributed by atoms with E-state index < -0.39 is 53.3 Å². The van der Waals surface area contributed by atoms with Crippen molar-refractivity contribution >= 4 is 99.8 Å². The number of carbonyl (C=O) groups excluding carboxylic acids is 2. The van der Waals surface area contributed by atoms with Crippen LogP contribution in [-0.2, 0) is 29.6 Å². The molecule has 0 saturated carbocycles. The average molecular weight is 803 g/mol. The number of hydrogen-bond donors (Lipinski definition) is 5. The summed E-state index contributed by atoms with van der Waals surface area (Å²) in [6, 6.07) is 22.5. The summed E-state index contributed by atoms with van der Waals surface area (Å²) in [7, 11) is -9.45. The van der Waals surface area contributed by atoms with Gasteiger partial charge in [-0.3, -0.25) is 18.7 Å². The normalized spacial score (nSPS) is 13.5. The van der Waals surface area contributed by atoms with Gasteiger partial charge in [-0.25, -0.2) is 10.2 Å². The van der Waals surface area contributed by atoms with E-state index in [-0.39, 0.29) is 38.1 Å². The molecule has 0 fully saturated rings. The molecule has 0 unspecified atom stereocenters. The molecule has 0 aromatic heterocycles. The molecule has 0 aliphatic carbocycles. The molecule has 18 nitrogen and oxygen atoms in total. The molecule has 278 valence electrons. The van der Waals surface area contributed by atoms with Crippen molar-refractivity contribution in [2.24, 2.45) is 20.5 Å². The zero-order chi connectivity index (χ0) is 39.2. The highest BCUT2D eigenvalue weighted by Crippen LogP contribution is 2.46. The topological polar surface area (TPSA) is 280 Å². The van der Waals surface area contributed by atoms with Gasteiger partial charge in [-0.1, -0.05) is 23.2 Å². The molecule has 6 aromatic rings. The minimum atomic E-state index is -4.75. The Morgan fingerprint density at radius 2 is 1.33 bits per heavy atom. The first-order valence-electron chi connectivity index (χ1n) is 15.3. The Hall–Kier alpha value is -6.17. The van der Waals surface area contributed by atoms with Crippen LogP contribution in [0.25, 0.3) is 21.5 Å². The minimum absolute atomic E-state index is 0.0146. The van der Waals surface area contributed by atoms with Crippen molar-refractivity contribution in [3.8, 4) is 5.75 Å². The van der Waals surface area contributed by atoms with Gasteiger partial charge in [0.05, 0.1) is 61.4 Å². The first kappa shape index (κ1) is 37.2. The number of rotatable bonds is 10. The van der Waals surface area contributed by atoms with Gasteiger partial charge in [0.1, 0.15) is 10.6 Å². The number of nitrogens with two attached hydrogens (primary N) is 1. The van der Waals surface area contributed by atoms with E-state index in [0.717, 1.165) is 29.2 Å². The van der Waals surface area contributed by atoms with E-state index in [2.05, 4.69) is 29.8 Å². The molecule has 21 heteroatoms. The van der Waals surface area contributed by atoms with Gasteiger partial charge in [-0.05, 0) is 84.2 Å². The van der Waals surface area contributed by atoms with Crippen LogP contribution >= 0.6 is 12.0 Å².